The smallest absolute Gasteiger partial charge is 0.245 e. The maximum absolute atomic E-state index is 10.6. The molecule has 172 valence electrons. The molecule has 1 aromatic carbocycles. The molecule has 2 saturated heterocycles. The lowest BCUT2D eigenvalue weighted by Gasteiger charge is -2.21. The van der Waals surface area contributed by atoms with Crippen LogP contribution in [0.5, 0.6) is 5.88 Å². The van der Waals surface area contributed by atoms with E-state index in [1.54, 1.807) is 23.6 Å². The number of rotatable bonds is 6. The molecule has 11 heteroatoms. The first-order valence-electron chi connectivity index (χ1n) is 10.8. The van der Waals surface area contributed by atoms with Crippen LogP contribution in [0.15, 0.2) is 30.6 Å². The van der Waals surface area contributed by atoms with Gasteiger partial charge >= 0.3 is 0 Å². The predicted octanol–water partition coefficient (Wildman–Crippen LogP) is 1.12. The third-order valence-electron chi connectivity index (χ3n) is 5.90. The van der Waals surface area contributed by atoms with Gasteiger partial charge in [-0.3, -0.25) is 4.57 Å². The number of aliphatic hydroxyl groups is 2. The van der Waals surface area contributed by atoms with Gasteiger partial charge in [0.1, 0.15) is 25.1 Å². The average Bonchev–Trinajstić information content (AvgIpc) is 3.53. The van der Waals surface area contributed by atoms with Crippen molar-refractivity contribution >= 4 is 17.1 Å². The fourth-order valence-corrected chi connectivity index (χ4v) is 4.04. The standard InChI is InChI=1S/C22H24N6O5/c1-12-17(29)18(30)21(33-12)28-19-16(27-22(28)26-15-6-7-31-10-15)20(25-11-24-19)32-9-14-4-2-13(8-23)3-5-14/h2-5,11-12,15,17-18,21,29-30H,6-7,9-10H2,1H3,(H,26,27)/t12-,15-,17-,18-,21-/m1/s1. The molecule has 4 heterocycles. The lowest BCUT2D eigenvalue weighted by atomic mass is 10.1. The van der Waals surface area contributed by atoms with Crippen LogP contribution in [-0.2, 0) is 16.1 Å². The fourth-order valence-electron chi connectivity index (χ4n) is 4.04. The Kier molecular flexibility index (Phi) is 5.82. The number of aromatic nitrogens is 4. The van der Waals surface area contributed by atoms with Gasteiger partial charge in [0.2, 0.25) is 11.8 Å². The van der Waals surface area contributed by atoms with Crippen molar-refractivity contribution in [2.24, 2.45) is 0 Å². The number of ether oxygens (including phenoxy) is 3. The zero-order valence-corrected chi connectivity index (χ0v) is 18.0. The van der Waals surface area contributed by atoms with Crippen LogP contribution in [0.4, 0.5) is 5.95 Å². The Morgan fingerprint density at radius 2 is 2.06 bits per heavy atom. The van der Waals surface area contributed by atoms with E-state index < -0.39 is 24.5 Å². The summed E-state index contributed by atoms with van der Waals surface area (Å²) in [5, 5.41) is 33.2. The minimum absolute atomic E-state index is 0.0393. The molecule has 5 rings (SSSR count). The van der Waals surface area contributed by atoms with Gasteiger partial charge in [0.15, 0.2) is 17.4 Å². The van der Waals surface area contributed by atoms with Crippen molar-refractivity contribution in [2.75, 3.05) is 18.5 Å². The average molecular weight is 452 g/mol. The van der Waals surface area contributed by atoms with Crippen LogP contribution in [0, 0.1) is 11.3 Å². The summed E-state index contributed by atoms with van der Waals surface area (Å²) in [6, 6.07) is 9.20. The van der Waals surface area contributed by atoms with Crippen molar-refractivity contribution in [1.29, 1.82) is 5.26 Å². The summed E-state index contributed by atoms with van der Waals surface area (Å²) in [6.07, 6.45) is -1.47. The summed E-state index contributed by atoms with van der Waals surface area (Å²) < 4.78 is 18.9. The Labute approximate surface area is 189 Å². The molecule has 11 nitrogen and oxygen atoms in total. The zero-order valence-electron chi connectivity index (χ0n) is 18.0. The monoisotopic (exact) mass is 452 g/mol. The molecule has 0 aliphatic carbocycles. The molecule has 5 atom stereocenters. The number of imidazole rings is 1. The van der Waals surface area contributed by atoms with Gasteiger partial charge in [0.25, 0.3) is 0 Å². The number of anilines is 1. The number of benzene rings is 1. The summed E-state index contributed by atoms with van der Waals surface area (Å²) in [6.45, 7) is 3.10. The van der Waals surface area contributed by atoms with E-state index >= 15 is 0 Å². The van der Waals surface area contributed by atoms with E-state index in [1.807, 2.05) is 12.1 Å². The molecule has 33 heavy (non-hydrogen) atoms. The predicted molar refractivity (Wildman–Crippen MR) is 115 cm³/mol. The Balaban J connectivity index is 1.49. The molecule has 0 spiro atoms. The van der Waals surface area contributed by atoms with Gasteiger partial charge in [-0.1, -0.05) is 12.1 Å². The molecule has 0 saturated carbocycles. The number of aliphatic hydroxyl groups excluding tert-OH is 2. The van der Waals surface area contributed by atoms with Crippen molar-refractivity contribution in [3.63, 3.8) is 0 Å². The summed E-state index contributed by atoms with van der Waals surface area (Å²) in [7, 11) is 0. The molecule has 2 fully saturated rings. The van der Waals surface area contributed by atoms with Crippen LogP contribution < -0.4 is 10.1 Å². The molecule has 0 radical (unpaired) electrons. The fraction of sp³-hybridized carbons (Fsp3) is 0.455. The van der Waals surface area contributed by atoms with Crippen LogP contribution >= 0.6 is 0 Å². The molecular formula is C22H24N6O5. The highest BCUT2D eigenvalue weighted by Gasteiger charge is 2.43. The number of fused-ring (bicyclic) bond motifs is 1. The maximum Gasteiger partial charge on any atom is 0.245 e. The molecule has 0 unspecified atom stereocenters. The van der Waals surface area contributed by atoms with Gasteiger partial charge in [-0.25, -0.2) is 9.97 Å². The normalized spacial score (nSPS) is 27.0. The largest absolute Gasteiger partial charge is 0.471 e. The first-order valence-corrected chi connectivity index (χ1v) is 10.8. The van der Waals surface area contributed by atoms with Gasteiger partial charge in [-0.05, 0) is 31.0 Å². The maximum atomic E-state index is 10.6. The van der Waals surface area contributed by atoms with E-state index in [0.29, 0.717) is 35.9 Å². The molecule has 2 aromatic heterocycles. The lowest BCUT2D eigenvalue weighted by Crippen LogP contribution is -2.31. The number of hydrogen-bond donors (Lipinski definition) is 3. The Morgan fingerprint density at radius 1 is 1.24 bits per heavy atom. The van der Waals surface area contributed by atoms with Crippen LogP contribution in [0.2, 0.25) is 0 Å². The van der Waals surface area contributed by atoms with E-state index in [2.05, 4.69) is 26.3 Å². The zero-order chi connectivity index (χ0) is 22.9. The highest BCUT2D eigenvalue weighted by Crippen LogP contribution is 2.36. The van der Waals surface area contributed by atoms with Crippen molar-refractivity contribution in [3.8, 4) is 11.9 Å². The van der Waals surface area contributed by atoms with Gasteiger partial charge < -0.3 is 29.7 Å². The second-order valence-electron chi connectivity index (χ2n) is 8.17. The van der Waals surface area contributed by atoms with E-state index in [1.165, 1.54) is 6.33 Å². The quantitative estimate of drug-likeness (QED) is 0.497. The van der Waals surface area contributed by atoms with Crippen molar-refractivity contribution in [2.45, 2.75) is 50.5 Å². The highest BCUT2D eigenvalue weighted by molar-refractivity contribution is 5.79. The van der Waals surface area contributed by atoms with Gasteiger partial charge in [-0.2, -0.15) is 10.2 Å². The molecule has 2 aliphatic heterocycles. The highest BCUT2D eigenvalue weighted by atomic mass is 16.6. The first kappa shape index (κ1) is 21.5. The SMILES string of the molecule is C[C@H]1O[C@@H](n2c(N[C@@H]3CCOC3)nc3c(OCc4ccc(C#N)cc4)ncnc32)[C@H](O)[C@@H]1O. The summed E-state index contributed by atoms with van der Waals surface area (Å²) in [5.41, 5.74) is 2.25. The van der Waals surface area contributed by atoms with Crippen molar-refractivity contribution in [1.82, 2.24) is 19.5 Å². The Hall–Kier alpha value is -3.30. The van der Waals surface area contributed by atoms with E-state index in [0.717, 1.165) is 12.0 Å². The topological polar surface area (TPSA) is 148 Å². The molecule has 0 bridgehead atoms. The third kappa shape index (κ3) is 4.09. The number of nitrogens with one attached hydrogen (secondary N) is 1. The van der Waals surface area contributed by atoms with Crippen molar-refractivity contribution in [3.05, 3.63) is 41.7 Å². The van der Waals surface area contributed by atoms with Crippen LogP contribution in [-0.4, -0.2) is 67.3 Å². The molecular weight excluding hydrogens is 428 g/mol. The van der Waals surface area contributed by atoms with Crippen LogP contribution in [0.25, 0.3) is 11.2 Å². The summed E-state index contributed by atoms with van der Waals surface area (Å²) in [5.74, 6) is 0.699. The van der Waals surface area contributed by atoms with Crippen molar-refractivity contribution < 1.29 is 24.4 Å². The lowest BCUT2D eigenvalue weighted by molar-refractivity contribution is -0.0287. The minimum Gasteiger partial charge on any atom is -0.471 e. The number of nitrogens with zero attached hydrogens (tertiary/aromatic N) is 5. The van der Waals surface area contributed by atoms with E-state index in [9.17, 15) is 10.2 Å². The molecule has 2 aliphatic rings. The summed E-state index contributed by atoms with van der Waals surface area (Å²) >= 11 is 0. The van der Waals surface area contributed by atoms with Gasteiger partial charge in [0.05, 0.1) is 30.4 Å². The number of hydrogen-bond acceptors (Lipinski definition) is 10. The molecule has 0 amide bonds. The minimum atomic E-state index is -1.16. The number of nitriles is 1. The molecule has 3 N–H and O–H groups in total. The van der Waals surface area contributed by atoms with Crippen LogP contribution in [0.1, 0.15) is 30.7 Å². The van der Waals surface area contributed by atoms with Gasteiger partial charge in [-0.15, -0.1) is 0 Å². The van der Waals surface area contributed by atoms with Crippen LogP contribution in [0.3, 0.4) is 0 Å². The van der Waals surface area contributed by atoms with E-state index in [-0.39, 0.29) is 18.5 Å². The Morgan fingerprint density at radius 3 is 2.73 bits per heavy atom. The second-order valence-corrected chi connectivity index (χ2v) is 8.17. The third-order valence-corrected chi connectivity index (χ3v) is 5.90. The second kappa shape index (κ2) is 8.92. The van der Waals surface area contributed by atoms with E-state index in [4.69, 9.17) is 19.5 Å². The first-order chi connectivity index (χ1) is 16.0. The molecule has 3 aromatic rings. The Bertz CT molecular complexity index is 1170. The van der Waals surface area contributed by atoms with Gasteiger partial charge in [0, 0.05) is 6.61 Å². The summed E-state index contributed by atoms with van der Waals surface area (Å²) in [4.78, 5) is 13.3.